The maximum absolute atomic E-state index is 13.4. The van der Waals surface area contributed by atoms with Gasteiger partial charge < -0.3 is 24.6 Å². The van der Waals surface area contributed by atoms with Crippen LogP contribution in [-0.4, -0.2) is 98.7 Å². The molecular formula is C30H36N2O9S2. The molecular weight excluding hydrogens is 596 g/mol. The molecule has 232 valence electrons. The molecule has 43 heavy (non-hydrogen) atoms. The fourth-order valence-corrected chi connectivity index (χ4v) is 8.15. The third-order valence-corrected chi connectivity index (χ3v) is 11.9. The Bertz CT molecular complexity index is 1690. The number of piperidine rings is 1. The van der Waals surface area contributed by atoms with E-state index in [0.29, 0.717) is 19.3 Å². The van der Waals surface area contributed by atoms with Gasteiger partial charge >= 0.3 is 6.09 Å². The van der Waals surface area contributed by atoms with Gasteiger partial charge in [0.15, 0.2) is 9.84 Å². The number of ether oxygens (including phenoxy) is 2. The Labute approximate surface area is 251 Å². The second-order valence-corrected chi connectivity index (χ2v) is 15.3. The Morgan fingerprint density at radius 3 is 2.44 bits per heavy atom. The Morgan fingerprint density at radius 1 is 1.02 bits per heavy atom. The van der Waals surface area contributed by atoms with Crippen LogP contribution in [0.15, 0.2) is 76.5 Å². The van der Waals surface area contributed by atoms with Gasteiger partial charge in [0, 0.05) is 13.1 Å². The number of hydrogen-bond acceptors (Lipinski definition) is 8. The van der Waals surface area contributed by atoms with Crippen molar-refractivity contribution in [2.45, 2.75) is 53.7 Å². The molecule has 3 aromatic carbocycles. The van der Waals surface area contributed by atoms with Crippen molar-refractivity contribution < 1.29 is 41.3 Å². The maximum Gasteiger partial charge on any atom is 0.407 e. The van der Waals surface area contributed by atoms with Gasteiger partial charge in [-0.05, 0) is 60.4 Å². The number of carboxylic acid groups (broad SMARTS) is 1. The highest BCUT2D eigenvalue weighted by atomic mass is 32.2. The van der Waals surface area contributed by atoms with E-state index in [1.807, 2.05) is 24.3 Å². The molecule has 0 aliphatic carbocycles. The first-order chi connectivity index (χ1) is 20.4. The van der Waals surface area contributed by atoms with Crippen molar-refractivity contribution in [2.75, 3.05) is 38.6 Å². The summed E-state index contributed by atoms with van der Waals surface area (Å²) in [6.07, 6.45) is -1.16. The van der Waals surface area contributed by atoms with Crippen molar-refractivity contribution in [3.05, 3.63) is 66.7 Å². The molecule has 13 heteroatoms. The van der Waals surface area contributed by atoms with Crippen molar-refractivity contribution in [3.63, 3.8) is 0 Å². The number of aliphatic hydroxyl groups excluding tert-OH is 1. The van der Waals surface area contributed by atoms with Crippen molar-refractivity contribution in [3.8, 4) is 5.75 Å². The summed E-state index contributed by atoms with van der Waals surface area (Å²) in [6.45, 7) is 1.71. The zero-order valence-corrected chi connectivity index (χ0v) is 25.5. The molecule has 3 aromatic rings. The molecule has 0 bridgehead atoms. The van der Waals surface area contributed by atoms with Crippen molar-refractivity contribution in [2.24, 2.45) is 0 Å². The lowest BCUT2D eigenvalue weighted by Gasteiger charge is -2.38. The van der Waals surface area contributed by atoms with Crippen LogP contribution in [0, 0.1) is 0 Å². The highest BCUT2D eigenvalue weighted by molar-refractivity contribution is 7.91. The van der Waals surface area contributed by atoms with E-state index >= 15 is 0 Å². The topological polar surface area (TPSA) is 151 Å². The summed E-state index contributed by atoms with van der Waals surface area (Å²) in [5.74, 6) is 0.194. The summed E-state index contributed by atoms with van der Waals surface area (Å²) in [6, 6.07) is 18.1. The van der Waals surface area contributed by atoms with Crippen molar-refractivity contribution in [1.29, 1.82) is 0 Å². The van der Waals surface area contributed by atoms with E-state index in [1.165, 1.54) is 16.4 Å². The molecule has 2 aliphatic heterocycles. The van der Waals surface area contributed by atoms with Gasteiger partial charge in [-0.1, -0.05) is 43.3 Å². The fraction of sp³-hybridized carbons (Fsp3) is 0.433. The average Bonchev–Trinajstić information content (AvgIpc) is 3.41. The number of sulfonamides is 1. The monoisotopic (exact) mass is 632 g/mol. The predicted octanol–water partition coefficient (Wildman–Crippen LogP) is 3.37. The molecule has 2 heterocycles. The van der Waals surface area contributed by atoms with E-state index in [4.69, 9.17) is 9.47 Å². The first kappa shape index (κ1) is 31.2. The van der Waals surface area contributed by atoms with Crippen LogP contribution in [0.4, 0.5) is 4.79 Å². The average molecular weight is 633 g/mol. The van der Waals surface area contributed by atoms with Crippen LogP contribution in [0.25, 0.3) is 10.8 Å². The zero-order valence-electron chi connectivity index (χ0n) is 23.8. The minimum absolute atomic E-state index is 0.0596. The molecule has 1 unspecified atom stereocenters. The van der Waals surface area contributed by atoms with Crippen LogP contribution >= 0.6 is 0 Å². The largest absolute Gasteiger partial charge is 0.491 e. The number of rotatable bonds is 10. The summed E-state index contributed by atoms with van der Waals surface area (Å²) in [7, 11) is -7.13. The van der Waals surface area contributed by atoms with Crippen LogP contribution in [0.2, 0.25) is 0 Å². The SMILES string of the molecule is CCS(=O)(=O)c1cccc(OC[C@@H](O)CN(C(=O)O)C2COC3(CCN(S(=O)(=O)c4ccc5ccccc5c4)CC3)C2)c1. The Morgan fingerprint density at radius 2 is 1.74 bits per heavy atom. The van der Waals surface area contributed by atoms with Gasteiger partial charge in [-0.25, -0.2) is 21.6 Å². The Kier molecular flexibility index (Phi) is 9.00. The standard InChI is InChI=1S/C30H36N2O9S2/c1-2-42(36,37)27-9-5-8-26(17-27)40-21-25(33)19-32(29(34)35)24-18-30(41-20-24)12-14-31(15-13-30)43(38,39)28-11-10-22-6-3-4-7-23(22)16-28/h3-11,16-17,24-25,33H,2,12-15,18-21H2,1H3,(H,34,35)/t24?,25-/m0/s1. The molecule has 2 atom stereocenters. The molecule has 0 radical (unpaired) electrons. The van der Waals surface area contributed by atoms with Crippen LogP contribution < -0.4 is 4.74 Å². The molecule has 2 aliphatic rings. The van der Waals surface area contributed by atoms with E-state index in [9.17, 15) is 31.8 Å². The van der Waals surface area contributed by atoms with Gasteiger partial charge in [-0.2, -0.15) is 4.31 Å². The molecule has 2 fully saturated rings. The first-order valence-corrected chi connectivity index (χ1v) is 17.3. The molecule has 2 N–H and O–H groups in total. The quantitative estimate of drug-likeness (QED) is 0.343. The van der Waals surface area contributed by atoms with Gasteiger partial charge in [0.05, 0.1) is 40.3 Å². The van der Waals surface area contributed by atoms with Gasteiger partial charge in [0.25, 0.3) is 0 Å². The number of amides is 1. The number of benzene rings is 3. The molecule has 1 spiro atoms. The van der Waals surface area contributed by atoms with Crippen molar-refractivity contribution in [1.82, 2.24) is 9.21 Å². The number of nitrogens with zero attached hydrogens (tertiary/aromatic N) is 2. The predicted molar refractivity (Wildman–Crippen MR) is 159 cm³/mol. The second-order valence-electron chi connectivity index (χ2n) is 11.0. The number of fused-ring (bicyclic) bond motifs is 1. The second kappa shape index (κ2) is 12.4. The zero-order chi connectivity index (χ0) is 30.8. The van der Waals surface area contributed by atoms with Crippen molar-refractivity contribution >= 4 is 36.7 Å². The van der Waals surface area contributed by atoms with E-state index in [2.05, 4.69) is 0 Å². The van der Waals surface area contributed by atoms with Gasteiger partial charge in [-0.3, -0.25) is 0 Å². The van der Waals surface area contributed by atoms with E-state index in [1.54, 1.807) is 37.3 Å². The van der Waals surface area contributed by atoms with E-state index < -0.39 is 43.7 Å². The number of carbonyl (C=O) groups is 1. The lowest BCUT2D eigenvalue weighted by molar-refractivity contribution is -0.0319. The minimum Gasteiger partial charge on any atom is -0.491 e. The lowest BCUT2D eigenvalue weighted by Crippen LogP contribution is -2.48. The normalized spacial score (nSPS) is 19.8. The minimum atomic E-state index is -3.71. The smallest absolute Gasteiger partial charge is 0.407 e. The molecule has 0 aromatic heterocycles. The van der Waals surface area contributed by atoms with Gasteiger partial charge in [-0.15, -0.1) is 0 Å². The van der Waals surface area contributed by atoms with E-state index in [-0.39, 0.29) is 54.1 Å². The summed E-state index contributed by atoms with van der Waals surface area (Å²) in [5, 5.41) is 22.3. The van der Waals surface area contributed by atoms with Gasteiger partial charge in [0.2, 0.25) is 10.0 Å². The molecule has 11 nitrogen and oxygen atoms in total. The maximum atomic E-state index is 13.4. The summed E-state index contributed by atoms with van der Waals surface area (Å²) in [5.41, 5.74) is -0.652. The van der Waals surface area contributed by atoms with Crippen LogP contribution in [0.1, 0.15) is 26.2 Å². The highest BCUT2D eigenvalue weighted by Gasteiger charge is 2.47. The first-order valence-electron chi connectivity index (χ1n) is 14.2. The fourth-order valence-electron chi connectivity index (χ4n) is 5.76. The third-order valence-electron chi connectivity index (χ3n) is 8.26. The number of hydrogen-bond donors (Lipinski definition) is 2. The summed E-state index contributed by atoms with van der Waals surface area (Å²) < 4.78 is 64.2. The van der Waals surface area contributed by atoms with Crippen LogP contribution in [0.5, 0.6) is 5.75 Å². The summed E-state index contributed by atoms with van der Waals surface area (Å²) >= 11 is 0. The lowest BCUT2D eigenvalue weighted by atomic mass is 9.88. The molecule has 5 rings (SSSR count). The van der Waals surface area contributed by atoms with E-state index in [0.717, 1.165) is 15.7 Å². The molecule has 0 saturated carbocycles. The Hall–Kier alpha value is -3.23. The van der Waals surface area contributed by atoms with Crippen LogP contribution in [-0.2, 0) is 24.6 Å². The third kappa shape index (κ3) is 6.80. The molecule has 1 amide bonds. The number of sulfone groups is 1. The van der Waals surface area contributed by atoms with Gasteiger partial charge in [0.1, 0.15) is 18.5 Å². The Balaban J connectivity index is 1.17. The molecule has 2 saturated heterocycles. The summed E-state index contributed by atoms with van der Waals surface area (Å²) in [4.78, 5) is 13.6. The highest BCUT2D eigenvalue weighted by Crippen LogP contribution is 2.39. The van der Waals surface area contributed by atoms with Crippen LogP contribution in [0.3, 0.4) is 0 Å². The number of aliphatic hydroxyl groups is 1.